The highest BCUT2D eigenvalue weighted by molar-refractivity contribution is 5.94. The number of benzene rings is 3. The summed E-state index contributed by atoms with van der Waals surface area (Å²) in [5.41, 5.74) is 6.34. The molecule has 1 heterocycles. The van der Waals surface area contributed by atoms with Crippen molar-refractivity contribution in [3.63, 3.8) is 0 Å². The first-order valence-electron chi connectivity index (χ1n) is 11.1. The molecule has 1 aliphatic heterocycles. The second kappa shape index (κ2) is 10.9. The smallest absolute Gasteiger partial charge is 0.251 e. The molecule has 32 heavy (non-hydrogen) atoms. The molecule has 0 radical (unpaired) electrons. The molecule has 3 aromatic rings. The van der Waals surface area contributed by atoms with E-state index in [1.165, 1.54) is 16.7 Å². The van der Waals surface area contributed by atoms with Crippen LogP contribution in [0.15, 0.2) is 66.7 Å². The monoisotopic (exact) mass is 430 g/mol. The van der Waals surface area contributed by atoms with Gasteiger partial charge in [-0.05, 0) is 47.4 Å². The Balaban J connectivity index is 1.53. The summed E-state index contributed by atoms with van der Waals surface area (Å²) in [6.07, 6.45) is 0.698. The van der Waals surface area contributed by atoms with E-state index in [0.717, 1.165) is 30.0 Å². The average Bonchev–Trinajstić information content (AvgIpc) is 2.81. The number of nitrogens with one attached hydrogen (secondary N) is 2. The topological polar surface area (TPSA) is 59.6 Å². The lowest BCUT2D eigenvalue weighted by atomic mass is 9.99. The quantitative estimate of drug-likeness (QED) is 0.659. The van der Waals surface area contributed by atoms with Crippen molar-refractivity contribution in [3.8, 4) is 5.75 Å². The SMILES string of the molecule is Cc1ccc(CNC(=O)c2ccc3c(c2)Cc2cccc(c2)CNCCOCCO3)cc1. The summed E-state index contributed by atoms with van der Waals surface area (Å²) in [4.78, 5) is 12.8. The van der Waals surface area contributed by atoms with Crippen LogP contribution in [-0.2, 0) is 24.2 Å². The molecule has 0 saturated heterocycles. The van der Waals surface area contributed by atoms with Crippen molar-refractivity contribution < 1.29 is 14.3 Å². The second-order valence-electron chi connectivity index (χ2n) is 8.13. The molecule has 0 atom stereocenters. The van der Waals surface area contributed by atoms with Crippen LogP contribution >= 0.6 is 0 Å². The van der Waals surface area contributed by atoms with E-state index in [-0.39, 0.29) is 5.91 Å². The number of carbonyl (C=O) groups is 1. The molecular weight excluding hydrogens is 400 g/mol. The van der Waals surface area contributed by atoms with Gasteiger partial charge in [0.25, 0.3) is 5.91 Å². The Bertz CT molecular complexity index is 1050. The number of hydrogen-bond acceptors (Lipinski definition) is 4. The Morgan fingerprint density at radius 2 is 1.81 bits per heavy atom. The van der Waals surface area contributed by atoms with E-state index in [0.29, 0.717) is 38.3 Å². The van der Waals surface area contributed by atoms with Crippen LogP contribution in [0.2, 0.25) is 0 Å². The lowest BCUT2D eigenvalue weighted by molar-refractivity contribution is 0.0949. The van der Waals surface area contributed by atoms with Crippen LogP contribution in [0.4, 0.5) is 0 Å². The molecule has 1 amide bonds. The van der Waals surface area contributed by atoms with E-state index < -0.39 is 0 Å². The molecular formula is C27H30N2O3. The predicted octanol–water partition coefficient (Wildman–Crippen LogP) is 4.01. The van der Waals surface area contributed by atoms with Gasteiger partial charge in [-0.25, -0.2) is 0 Å². The first-order valence-corrected chi connectivity index (χ1v) is 11.1. The fourth-order valence-corrected chi connectivity index (χ4v) is 3.75. The molecule has 2 bridgehead atoms. The molecule has 0 spiro atoms. The molecule has 166 valence electrons. The van der Waals surface area contributed by atoms with Crippen molar-refractivity contribution in [2.45, 2.75) is 26.4 Å². The Labute approximate surface area is 189 Å². The minimum absolute atomic E-state index is 0.0888. The average molecular weight is 431 g/mol. The molecule has 3 aromatic carbocycles. The second-order valence-corrected chi connectivity index (χ2v) is 8.13. The fourth-order valence-electron chi connectivity index (χ4n) is 3.75. The number of rotatable bonds is 3. The number of ether oxygens (including phenoxy) is 2. The third-order valence-corrected chi connectivity index (χ3v) is 5.52. The van der Waals surface area contributed by atoms with Crippen molar-refractivity contribution in [2.75, 3.05) is 26.4 Å². The lowest BCUT2D eigenvalue weighted by Crippen LogP contribution is -2.23. The maximum absolute atomic E-state index is 12.8. The van der Waals surface area contributed by atoms with Crippen LogP contribution in [0.1, 0.15) is 38.2 Å². The number of carbonyl (C=O) groups excluding carboxylic acids is 1. The van der Waals surface area contributed by atoms with Crippen molar-refractivity contribution in [1.29, 1.82) is 0 Å². The van der Waals surface area contributed by atoms with Gasteiger partial charge in [-0.2, -0.15) is 0 Å². The Morgan fingerprint density at radius 3 is 2.69 bits per heavy atom. The van der Waals surface area contributed by atoms with Crippen LogP contribution < -0.4 is 15.4 Å². The van der Waals surface area contributed by atoms with Gasteiger partial charge in [-0.3, -0.25) is 4.79 Å². The zero-order chi connectivity index (χ0) is 22.2. The largest absolute Gasteiger partial charge is 0.491 e. The normalized spacial score (nSPS) is 14.5. The summed E-state index contributed by atoms with van der Waals surface area (Å²) >= 11 is 0. The molecule has 5 nitrogen and oxygen atoms in total. The van der Waals surface area contributed by atoms with E-state index in [1.807, 2.05) is 30.3 Å². The zero-order valence-corrected chi connectivity index (χ0v) is 18.5. The van der Waals surface area contributed by atoms with Crippen LogP contribution in [-0.4, -0.2) is 32.3 Å². The molecule has 0 unspecified atom stereocenters. The molecule has 2 N–H and O–H groups in total. The van der Waals surface area contributed by atoms with Gasteiger partial charge in [-0.15, -0.1) is 0 Å². The highest BCUT2D eigenvalue weighted by atomic mass is 16.5. The summed E-state index contributed by atoms with van der Waals surface area (Å²) in [7, 11) is 0. The Morgan fingerprint density at radius 1 is 0.969 bits per heavy atom. The molecule has 0 fully saturated rings. The molecule has 0 saturated carbocycles. The van der Waals surface area contributed by atoms with E-state index in [4.69, 9.17) is 9.47 Å². The molecule has 5 heteroatoms. The number of hydrogen-bond donors (Lipinski definition) is 2. The van der Waals surface area contributed by atoms with Gasteiger partial charge in [0, 0.05) is 31.6 Å². The van der Waals surface area contributed by atoms with Gasteiger partial charge < -0.3 is 20.1 Å². The van der Waals surface area contributed by atoms with Gasteiger partial charge in [0.2, 0.25) is 0 Å². The summed E-state index contributed by atoms with van der Waals surface area (Å²) in [6.45, 7) is 5.83. The van der Waals surface area contributed by atoms with E-state index in [1.54, 1.807) is 0 Å². The van der Waals surface area contributed by atoms with Gasteiger partial charge in [0.05, 0.1) is 13.2 Å². The molecule has 0 aliphatic carbocycles. The third kappa shape index (κ3) is 6.19. The maximum atomic E-state index is 12.8. The molecule has 4 rings (SSSR count). The first-order chi connectivity index (χ1) is 15.7. The van der Waals surface area contributed by atoms with Gasteiger partial charge in [0.15, 0.2) is 0 Å². The standard InChI is InChI=1S/C27H30N2O3/c1-20-5-7-21(8-6-20)19-29-27(30)24-9-10-26-25(17-24)16-22-3-2-4-23(15-22)18-28-11-12-31-13-14-32-26/h2-10,15,17,28H,11-14,16,18-19H2,1H3,(H,29,30). The predicted molar refractivity (Wildman–Crippen MR) is 126 cm³/mol. The van der Waals surface area contributed by atoms with Gasteiger partial charge >= 0.3 is 0 Å². The van der Waals surface area contributed by atoms with E-state index in [9.17, 15) is 4.79 Å². The van der Waals surface area contributed by atoms with E-state index in [2.05, 4.69) is 54.0 Å². The summed E-state index contributed by atoms with van der Waals surface area (Å²) < 4.78 is 11.6. The van der Waals surface area contributed by atoms with Crippen LogP contribution in [0.5, 0.6) is 5.75 Å². The third-order valence-electron chi connectivity index (χ3n) is 5.52. The summed E-state index contributed by atoms with van der Waals surface area (Å²) in [5.74, 6) is 0.707. The number of fused-ring (bicyclic) bond motifs is 3. The van der Waals surface area contributed by atoms with Crippen molar-refractivity contribution in [2.24, 2.45) is 0 Å². The number of aryl methyl sites for hydroxylation is 1. The van der Waals surface area contributed by atoms with Gasteiger partial charge in [0.1, 0.15) is 12.4 Å². The molecule has 1 aliphatic rings. The highest BCUT2D eigenvalue weighted by Gasteiger charge is 2.12. The lowest BCUT2D eigenvalue weighted by Gasteiger charge is -2.15. The van der Waals surface area contributed by atoms with Crippen LogP contribution in [0, 0.1) is 6.92 Å². The first kappa shape index (κ1) is 22.1. The Hall–Kier alpha value is -3.15. The number of amides is 1. The van der Waals surface area contributed by atoms with Crippen LogP contribution in [0.25, 0.3) is 0 Å². The van der Waals surface area contributed by atoms with Crippen molar-refractivity contribution >= 4 is 5.91 Å². The summed E-state index contributed by atoms with van der Waals surface area (Å²) in [6, 6.07) is 22.4. The Kier molecular flexibility index (Phi) is 7.54. The van der Waals surface area contributed by atoms with Crippen LogP contribution in [0.3, 0.4) is 0 Å². The summed E-state index contributed by atoms with van der Waals surface area (Å²) in [5, 5.41) is 6.43. The molecule has 0 aromatic heterocycles. The van der Waals surface area contributed by atoms with Crippen molar-refractivity contribution in [1.82, 2.24) is 10.6 Å². The minimum atomic E-state index is -0.0888. The van der Waals surface area contributed by atoms with Gasteiger partial charge in [-0.1, -0.05) is 54.1 Å². The van der Waals surface area contributed by atoms with Crippen molar-refractivity contribution in [3.05, 3.63) is 100 Å². The minimum Gasteiger partial charge on any atom is -0.491 e. The zero-order valence-electron chi connectivity index (χ0n) is 18.5. The highest BCUT2D eigenvalue weighted by Crippen LogP contribution is 2.24. The van der Waals surface area contributed by atoms with E-state index >= 15 is 0 Å². The maximum Gasteiger partial charge on any atom is 0.251 e. The fraction of sp³-hybridized carbons (Fsp3) is 0.296.